The second-order valence-electron chi connectivity index (χ2n) is 6.08. The zero-order chi connectivity index (χ0) is 18.0. The van der Waals surface area contributed by atoms with E-state index in [1.807, 2.05) is 0 Å². The molecule has 3 atom stereocenters. The van der Waals surface area contributed by atoms with E-state index in [1.165, 1.54) is 19.4 Å². The highest BCUT2D eigenvalue weighted by molar-refractivity contribution is 5.46. The molecule has 0 amide bonds. The van der Waals surface area contributed by atoms with Crippen LogP contribution in [0.5, 0.6) is 11.5 Å². The van der Waals surface area contributed by atoms with E-state index in [1.54, 1.807) is 31.2 Å². The van der Waals surface area contributed by atoms with Gasteiger partial charge in [-0.15, -0.1) is 0 Å². The predicted molar refractivity (Wildman–Crippen MR) is 88.5 cm³/mol. The van der Waals surface area contributed by atoms with Gasteiger partial charge in [-0.05, 0) is 31.2 Å². The maximum Gasteiger partial charge on any atom is 0.251 e. The van der Waals surface area contributed by atoms with Crippen LogP contribution in [-0.4, -0.2) is 35.5 Å². The van der Waals surface area contributed by atoms with Gasteiger partial charge in [-0.25, -0.2) is 0 Å². The van der Waals surface area contributed by atoms with E-state index in [0.717, 1.165) is 0 Å². The third kappa shape index (κ3) is 3.22. The first-order valence-corrected chi connectivity index (χ1v) is 7.72. The second-order valence-corrected chi connectivity index (χ2v) is 6.08. The number of fused-ring (bicyclic) bond motifs is 1. The Bertz CT molecular complexity index is 872. The van der Waals surface area contributed by atoms with Crippen molar-refractivity contribution in [1.82, 2.24) is 4.98 Å². The number of benzene rings is 1. The standard InChI is InChI=1S/C18H18N2O5/c1-18(10-23-2)17(22)16(24-12-5-6-20-15(21)8-12)13-7-11(9-19)3-4-14(13)25-18/h3-8,16-17,22H,10H2,1-2H3,(H,20,21). The molecule has 0 saturated carbocycles. The van der Waals surface area contributed by atoms with Gasteiger partial charge in [0.15, 0.2) is 11.7 Å². The first kappa shape index (κ1) is 17.0. The first-order chi connectivity index (χ1) is 12.0. The van der Waals surface area contributed by atoms with E-state index >= 15 is 0 Å². The number of methoxy groups -OCH3 is 1. The summed E-state index contributed by atoms with van der Waals surface area (Å²) in [4.78, 5) is 14.0. The number of H-pyrrole nitrogens is 1. The Labute approximate surface area is 144 Å². The molecule has 25 heavy (non-hydrogen) atoms. The van der Waals surface area contributed by atoms with Crippen LogP contribution in [0.1, 0.15) is 24.2 Å². The number of aliphatic hydroxyl groups excluding tert-OH is 1. The van der Waals surface area contributed by atoms with Gasteiger partial charge in [0.2, 0.25) is 0 Å². The van der Waals surface area contributed by atoms with Crippen LogP contribution in [0.3, 0.4) is 0 Å². The van der Waals surface area contributed by atoms with E-state index in [0.29, 0.717) is 22.6 Å². The van der Waals surface area contributed by atoms with E-state index < -0.39 is 17.8 Å². The fraction of sp³-hybridized carbons (Fsp3) is 0.333. The van der Waals surface area contributed by atoms with Gasteiger partial charge in [0, 0.05) is 24.9 Å². The molecular weight excluding hydrogens is 324 g/mol. The Kier molecular flexibility index (Phi) is 4.49. The summed E-state index contributed by atoms with van der Waals surface area (Å²) in [7, 11) is 1.52. The molecule has 0 saturated heterocycles. The van der Waals surface area contributed by atoms with Crippen LogP contribution in [-0.2, 0) is 4.74 Å². The number of nitrogens with zero attached hydrogens (tertiary/aromatic N) is 1. The second kappa shape index (κ2) is 6.59. The van der Waals surface area contributed by atoms with E-state index in [9.17, 15) is 9.90 Å². The van der Waals surface area contributed by atoms with Gasteiger partial charge in [-0.3, -0.25) is 4.79 Å². The highest BCUT2D eigenvalue weighted by atomic mass is 16.6. The molecule has 1 aliphatic heterocycles. The number of aromatic nitrogens is 1. The lowest BCUT2D eigenvalue weighted by Crippen LogP contribution is -2.55. The Morgan fingerprint density at radius 3 is 2.88 bits per heavy atom. The quantitative estimate of drug-likeness (QED) is 0.873. The summed E-state index contributed by atoms with van der Waals surface area (Å²) in [5.74, 6) is 0.807. The molecule has 0 bridgehead atoms. The molecular formula is C18H18N2O5. The molecule has 1 aromatic carbocycles. The summed E-state index contributed by atoms with van der Waals surface area (Å²) in [6.07, 6.45) is -0.433. The van der Waals surface area contributed by atoms with Gasteiger partial charge in [0.25, 0.3) is 5.56 Å². The van der Waals surface area contributed by atoms with Crippen molar-refractivity contribution in [3.63, 3.8) is 0 Å². The Hall–Kier alpha value is -2.82. The molecule has 0 radical (unpaired) electrons. The molecule has 7 heteroatoms. The highest BCUT2D eigenvalue weighted by Gasteiger charge is 2.47. The van der Waals surface area contributed by atoms with Crippen LogP contribution >= 0.6 is 0 Å². The number of aliphatic hydroxyl groups is 1. The van der Waals surface area contributed by atoms with E-state index in [-0.39, 0.29) is 12.2 Å². The zero-order valence-corrected chi connectivity index (χ0v) is 13.9. The van der Waals surface area contributed by atoms with Crippen molar-refractivity contribution < 1.29 is 19.3 Å². The maximum absolute atomic E-state index is 11.5. The minimum absolute atomic E-state index is 0.142. The Balaban J connectivity index is 2.06. The molecule has 7 nitrogen and oxygen atoms in total. The normalized spacial score (nSPS) is 24.7. The van der Waals surface area contributed by atoms with Crippen LogP contribution in [0, 0.1) is 11.3 Å². The lowest BCUT2D eigenvalue weighted by molar-refractivity contribution is -0.137. The first-order valence-electron chi connectivity index (χ1n) is 7.72. The van der Waals surface area contributed by atoms with Gasteiger partial charge < -0.3 is 24.3 Å². The molecule has 2 N–H and O–H groups in total. The number of aromatic amines is 1. The van der Waals surface area contributed by atoms with Crippen molar-refractivity contribution in [3.05, 3.63) is 58.0 Å². The molecule has 0 spiro atoms. The average molecular weight is 342 g/mol. The number of hydrogen-bond donors (Lipinski definition) is 2. The highest BCUT2D eigenvalue weighted by Crippen LogP contribution is 2.42. The topological polar surface area (TPSA) is 105 Å². The van der Waals surface area contributed by atoms with Gasteiger partial charge in [0.05, 0.1) is 18.2 Å². The molecule has 0 fully saturated rings. The summed E-state index contributed by atoms with van der Waals surface area (Å²) in [5.41, 5.74) is -0.392. The minimum Gasteiger partial charge on any atom is -0.482 e. The van der Waals surface area contributed by atoms with Crippen LogP contribution in [0.4, 0.5) is 0 Å². The summed E-state index contributed by atoms with van der Waals surface area (Å²) in [6.45, 7) is 1.86. The third-order valence-corrected chi connectivity index (χ3v) is 4.14. The van der Waals surface area contributed by atoms with Crippen molar-refractivity contribution >= 4 is 0 Å². The molecule has 1 aromatic heterocycles. The summed E-state index contributed by atoms with van der Waals surface area (Å²) >= 11 is 0. The van der Waals surface area contributed by atoms with E-state index in [4.69, 9.17) is 19.5 Å². The molecule has 130 valence electrons. The van der Waals surface area contributed by atoms with E-state index in [2.05, 4.69) is 11.1 Å². The van der Waals surface area contributed by atoms with Gasteiger partial charge in [-0.2, -0.15) is 5.26 Å². The number of rotatable bonds is 4. The van der Waals surface area contributed by atoms with Crippen molar-refractivity contribution in [1.29, 1.82) is 5.26 Å². The third-order valence-electron chi connectivity index (χ3n) is 4.14. The smallest absolute Gasteiger partial charge is 0.251 e. The molecule has 1 aliphatic rings. The molecule has 0 aliphatic carbocycles. The number of ether oxygens (including phenoxy) is 3. The molecule has 2 heterocycles. The molecule has 2 aromatic rings. The fourth-order valence-corrected chi connectivity index (χ4v) is 2.91. The summed E-state index contributed by atoms with van der Waals surface area (Å²) in [5, 5.41) is 20.0. The van der Waals surface area contributed by atoms with Crippen molar-refractivity contribution in [3.8, 4) is 17.6 Å². The van der Waals surface area contributed by atoms with Crippen LogP contribution in [0.15, 0.2) is 41.3 Å². The fourth-order valence-electron chi connectivity index (χ4n) is 2.91. The van der Waals surface area contributed by atoms with Crippen molar-refractivity contribution in [2.75, 3.05) is 13.7 Å². The monoisotopic (exact) mass is 342 g/mol. The van der Waals surface area contributed by atoms with Crippen LogP contribution in [0.25, 0.3) is 0 Å². The minimum atomic E-state index is -1.08. The Morgan fingerprint density at radius 1 is 1.40 bits per heavy atom. The van der Waals surface area contributed by atoms with Crippen LogP contribution in [0.2, 0.25) is 0 Å². The maximum atomic E-state index is 11.5. The number of pyridine rings is 1. The summed E-state index contributed by atoms with van der Waals surface area (Å²) in [6, 6.07) is 9.86. The average Bonchev–Trinajstić information content (AvgIpc) is 2.59. The van der Waals surface area contributed by atoms with Crippen molar-refractivity contribution in [2.45, 2.75) is 24.7 Å². The van der Waals surface area contributed by atoms with Crippen molar-refractivity contribution in [2.24, 2.45) is 0 Å². The Morgan fingerprint density at radius 2 is 2.20 bits per heavy atom. The number of nitriles is 1. The van der Waals surface area contributed by atoms with Gasteiger partial charge in [0.1, 0.15) is 17.6 Å². The zero-order valence-electron chi connectivity index (χ0n) is 13.9. The molecule has 3 rings (SSSR count). The largest absolute Gasteiger partial charge is 0.482 e. The lowest BCUT2D eigenvalue weighted by Gasteiger charge is -2.43. The number of nitrogens with one attached hydrogen (secondary N) is 1. The lowest BCUT2D eigenvalue weighted by atomic mass is 9.87. The number of hydrogen-bond acceptors (Lipinski definition) is 6. The van der Waals surface area contributed by atoms with Gasteiger partial charge >= 0.3 is 0 Å². The predicted octanol–water partition coefficient (Wildman–Crippen LogP) is 1.53. The van der Waals surface area contributed by atoms with Crippen LogP contribution < -0.4 is 15.0 Å². The van der Waals surface area contributed by atoms with Gasteiger partial charge in [-0.1, -0.05) is 0 Å². The summed E-state index contributed by atoms with van der Waals surface area (Å²) < 4.78 is 17.0. The molecule has 3 unspecified atom stereocenters. The SMILES string of the molecule is COCC1(C)Oc2ccc(C#N)cc2C(Oc2cc[nH]c(=O)c2)C1O.